The van der Waals surface area contributed by atoms with Crippen molar-refractivity contribution in [2.45, 2.75) is 0 Å². The van der Waals surface area contributed by atoms with Crippen molar-refractivity contribution < 1.29 is 29.3 Å². The molecule has 0 radical (unpaired) electrons. The Morgan fingerprint density at radius 3 is 2.42 bits per heavy atom. The second kappa shape index (κ2) is 7.88. The fraction of sp³-hybridized carbons (Fsp3) is 0.333. The van der Waals surface area contributed by atoms with Gasteiger partial charge >= 0.3 is 11.9 Å². The number of carboxylic acids is 1. The van der Waals surface area contributed by atoms with E-state index in [9.17, 15) is 9.59 Å². The fourth-order valence-electron chi connectivity index (χ4n) is 1.27. The van der Waals surface area contributed by atoms with Crippen LogP contribution in [0, 0.1) is 0 Å². The number of hydrogen-bond acceptors (Lipinski definition) is 5. The lowest BCUT2D eigenvalue weighted by atomic mass is 10.1. The van der Waals surface area contributed by atoms with Crippen LogP contribution in [0.5, 0.6) is 0 Å². The Balaban J connectivity index is 2.59. The van der Waals surface area contributed by atoms with E-state index in [0.29, 0.717) is 4.47 Å². The average Bonchev–Trinajstić information content (AvgIpc) is 2.37. The van der Waals surface area contributed by atoms with Gasteiger partial charge < -0.3 is 19.7 Å². The van der Waals surface area contributed by atoms with Gasteiger partial charge in [0.1, 0.15) is 6.61 Å². The van der Waals surface area contributed by atoms with Crippen LogP contribution >= 0.6 is 15.9 Å². The molecule has 1 aromatic carbocycles. The van der Waals surface area contributed by atoms with Crippen LogP contribution in [-0.4, -0.2) is 48.6 Å². The molecule has 104 valence electrons. The molecule has 0 atom stereocenters. The first-order valence-corrected chi connectivity index (χ1v) is 6.23. The van der Waals surface area contributed by atoms with E-state index in [0.717, 1.165) is 0 Å². The van der Waals surface area contributed by atoms with Gasteiger partial charge in [0.15, 0.2) is 0 Å². The molecule has 1 rings (SSSR count). The van der Waals surface area contributed by atoms with Crippen molar-refractivity contribution in [2.24, 2.45) is 0 Å². The normalized spacial score (nSPS) is 10.2. The average molecular weight is 333 g/mol. The zero-order valence-electron chi connectivity index (χ0n) is 9.97. The highest BCUT2D eigenvalue weighted by Gasteiger charge is 2.12. The van der Waals surface area contributed by atoms with Gasteiger partial charge in [-0.15, -0.1) is 0 Å². The number of hydrogen-bond donors (Lipinski definition) is 2. The van der Waals surface area contributed by atoms with E-state index < -0.39 is 11.9 Å². The molecule has 2 N–H and O–H groups in total. The number of carbonyl (C=O) groups is 2. The predicted octanol–water partition coefficient (Wildman–Crippen LogP) is 1.31. The van der Waals surface area contributed by atoms with E-state index in [1.807, 2.05) is 0 Å². The highest BCUT2D eigenvalue weighted by atomic mass is 79.9. The summed E-state index contributed by atoms with van der Waals surface area (Å²) in [6.45, 7) is 0.291. The standard InChI is InChI=1S/C12H13BrO6/c13-10-6-8(11(15)16)5-9(7-10)12(17)19-4-3-18-2-1-14/h5-7,14H,1-4H2,(H,15,16). The number of rotatable bonds is 7. The van der Waals surface area contributed by atoms with Gasteiger partial charge in [0.05, 0.1) is 30.9 Å². The number of halogens is 1. The summed E-state index contributed by atoms with van der Waals surface area (Å²) in [4.78, 5) is 22.5. The molecule has 0 unspecified atom stereocenters. The Labute approximate surface area is 118 Å². The third-order valence-corrected chi connectivity index (χ3v) is 2.53. The number of carbonyl (C=O) groups excluding carboxylic acids is 1. The van der Waals surface area contributed by atoms with Crippen LogP contribution in [0.25, 0.3) is 0 Å². The number of ether oxygens (including phenoxy) is 2. The first-order chi connectivity index (χ1) is 9.04. The molecular formula is C12H13BrO6. The zero-order chi connectivity index (χ0) is 14.3. The Hall–Kier alpha value is -1.44. The van der Waals surface area contributed by atoms with Crippen molar-refractivity contribution >= 4 is 27.9 Å². The van der Waals surface area contributed by atoms with Gasteiger partial charge in [-0.3, -0.25) is 0 Å². The second-order valence-corrected chi connectivity index (χ2v) is 4.42. The minimum atomic E-state index is -1.12. The summed E-state index contributed by atoms with van der Waals surface area (Å²) in [5, 5.41) is 17.3. The highest BCUT2D eigenvalue weighted by molar-refractivity contribution is 9.10. The Morgan fingerprint density at radius 2 is 1.79 bits per heavy atom. The molecule has 7 heteroatoms. The SMILES string of the molecule is O=C(O)c1cc(Br)cc(C(=O)OCCOCCO)c1. The first kappa shape index (κ1) is 15.6. The Bertz CT molecular complexity index is 460. The summed E-state index contributed by atoms with van der Waals surface area (Å²) in [7, 11) is 0. The molecule has 0 aliphatic heterocycles. The topological polar surface area (TPSA) is 93.1 Å². The Morgan fingerprint density at radius 1 is 1.11 bits per heavy atom. The molecule has 0 aromatic heterocycles. The van der Waals surface area contributed by atoms with Crippen molar-refractivity contribution in [3.05, 3.63) is 33.8 Å². The molecule has 0 aliphatic carbocycles. The van der Waals surface area contributed by atoms with Crippen LogP contribution in [0.15, 0.2) is 22.7 Å². The summed E-state index contributed by atoms with van der Waals surface area (Å²) in [5.74, 6) is -1.75. The fourth-order valence-corrected chi connectivity index (χ4v) is 1.77. The summed E-state index contributed by atoms with van der Waals surface area (Å²) >= 11 is 3.13. The third-order valence-electron chi connectivity index (χ3n) is 2.08. The second-order valence-electron chi connectivity index (χ2n) is 3.51. The van der Waals surface area contributed by atoms with Crippen LogP contribution in [0.1, 0.15) is 20.7 Å². The van der Waals surface area contributed by atoms with Gasteiger partial charge in [0, 0.05) is 4.47 Å². The molecule has 0 amide bonds. The lowest BCUT2D eigenvalue weighted by Gasteiger charge is -2.06. The van der Waals surface area contributed by atoms with Crippen molar-refractivity contribution in [1.82, 2.24) is 0 Å². The Kier molecular flexibility index (Phi) is 6.48. The van der Waals surface area contributed by atoms with Crippen LogP contribution in [0.4, 0.5) is 0 Å². The highest BCUT2D eigenvalue weighted by Crippen LogP contribution is 2.16. The maximum absolute atomic E-state index is 11.7. The molecule has 0 saturated heterocycles. The summed E-state index contributed by atoms with van der Waals surface area (Å²) < 4.78 is 10.3. The van der Waals surface area contributed by atoms with Crippen molar-refractivity contribution in [1.29, 1.82) is 0 Å². The van der Waals surface area contributed by atoms with Gasteiger partial charge in [-0.25, -0.2) is 9.59 Å². The molecule has 0 fully saturated rings. The van der Waals surface area contributed by atoms with E-state index in [-0.39, 0.29) is 37.6 Å². The molecule has 6 nitrogen and oxygen atoms in total. The van der Waals surface area contributed by atoms with E-state index in [4.69, 9.17) is 19.7 Å². The van der Waals surface area contributed by atoms with Crippen LogP contribution in [0.2, 0.25) is 0 Å². The van der Waals surface area contributed by atoms with E-state index >= 15 is 0 Å². The molecule has 1 aromatic rings. The number of aliphatic hydroxyl groups is 1. The zero-order valence-corrected chi connectivity index (χ0v) is 11.6. The number of carboxylic acid groups (broad SMARTS) is 1. The van der Waals surface area contributed by atoms with E-state index in [1.54, 1.807) is 0 Å². The van der Waals surface area contributed by atoms with Crippen LogP contribution < -0.4 is 0 Å². The maximum atomic E-state index is 11.7. The van der Waals surface area contributed by atoms with Crippen LogP contribution in [0.3, 0.4) is 0 Å². The molecule has 0 spiro atoms. The molecule has 19 heavy (non-hydrogen) atoms. The van der Waals surface area contributed by atoms with Crippen molar-refractivity contribution in [2.75, 3.05) is 26.4 Å². The minimum Gasteiger partial charge on any atom is -0.478 e. The van der Waals surface area contributed by atoms with Crippen molar-refractivity contribution in [3.8, 4) is 0 Å². The molecule has 0 aliphatic rings. The third kappa shape index (κ3) is 5.37. The number of aliphatic hydroxyl groups excluding tert-OH is 1. The number of benzene rings is 1. The molecule has 0 saturated carbocycles. The summed E-state index contributed by atoms with van der Waals surface area (Å²) in [6, 6.07) is 4.11. The lowest BCUT2D eigenvalue weighted by molar-refractivity contribution is 0.0258. The van der Waals surface area contributed by atoms with Gasteiger partial charge in [0.25, 0.3) is 0 Å². The molecule has 0 heterocycles. The largest absolute Gasteiger partial charge is 0.478 e. The smallest absolute Gasteiger partial charge is 0.338 e. The molecule has 0 bridgehead atoms. The number of esters is 1. The summed E-state index contributed by atoms with van der Waals surface area (Å²) in [5.41, 5.74) is 0.145. The molecular weight excluding hydrogens is 320 g/mol. The first-order valence-electron chi connectivity index (χ1n) is 5.44. The monoisotopic (exact) mass is 332 g/mol. The van der Waals surface area contributed by atoms with Gasteiger partial charge in [0.2, 0.25) is 0 Å². The van der Waals surface area contributed by atoms with E-state index in [2.05, 4.69) is 15.9 Å². The van der Waals surface area contributed by atoms with E-state index in [1.165, 1.54) is 18.2 Å². The minimum absolute atomic E-state index is 0.00199. The lowest BCUT2D eigenvalue weighted by Crippen LogP contribution is -2.13. The van der Waals surface area contributed by atoms with Crippen molar-refractivity contribution in [3.63, 3.8) is 0 Å². The van der Waals surface area contributed by atoms with Crippen LogP contribution in [-0.2, 0) is 9.47 Å². The van der Waals surface area contributed by atoms with Gasteiger partial charge in [-0.2, -0.15) is 0 Å². The maximum Gasteiger partial charge on any atom is 0.338 e. The predicted molar refractivity (Wildman–Crippen MR) is 69.3 cm³/mol. The van der Waals surface area contributed by atoms with Gasteiger partial charge in [-0.1, -0.05) is 15.9 Å². The quantitative estimate of drug-likeness (QED) is 0.577. The van der Waals surface area contributed by atoms with Gasteiger partial charge in [-0.05, 0) is 18.2 Å². The summed E-state index contributed by atoms with van der Waals surface area (Å²) in [6.07, 6.45) is 0. The number of aromatic carboxylic acids is 1.